The van der Waals surface area contributed by atoms with Crippen LogP contribution in [0.2, 0.25) is 0 Å². The fourth-order valence-electron chi connectivity index (χ4n) is 0.560. The van der Waals surface area contributed by atoms with Gasteiger partial charge in [0.1, 0.15) is 0 Å². The van der Waals surface area contributed by atoms with Crippen molar-refractivity contribution in [1.82, 2.24) is 10.1 Å². The Morgan fingerprint density at radius 1 is 1.64 bits per heavy atom. The van der Waals surface area contributed by atoms with E-state index in [-0.39, 0.29) is 17.8 Å². The molecule has 1 aromatic rings. The molecule has 0 unspecified atom stereocenters. The number of nitrogens with two attached hydrogens (primary N) is 1. The normalized spacial score (nSPS) is 10.8. The summed E-state index contributed by atoms with van der Waals surface area (Å²) in [5.74, 6) is 0.662. The highest BCUT2D eigenvalue weighted by atomic mass is 35.5. The molecule has 0 amide bonds. The molecule has 64 valence electrons. The van der Waals surface area contributed by atoms with Crippen LogP contribution < -0.4 is 5.73 Å². The van der Waals surface area contributed by atoms with Crippen molar-refractivity contribution in [3.8, 4) is 0 Å². The molecule has 0 aromatic carbocycles. The molecule has 0 aliphatic carbocycles. The quantitative estimate of drug-likeness (QED) is 0.724. The minimum Gasteiger partial charge on any atom is -0.343 e. The monoisotopic (exact) mass is 177 g/mol. The van der Waals surface area contributed by atoms with E-state index in [1.807, 2.05) is 13.8 Å². The SMILES string of the molecule is CC(C)(CN)c1ncon1.Cl. The van der Waals surface area contributed by atoms with E-state index in [4.69, 9.17) is 5.73 Å². The maximum absolute atomic E-state index is 5.48. The molecule has 0 saturated heterocycles. The molecule has 0 spiro atoms. The van der Waals surface area contributed by atoms with Crippen molar-refractivity contribution >= 4 is 12.4 Å². The third-order valence-corrected chi connectivity index (χ3v) is 1.48. The fourth-order valence-corrected chi connectivity index (χ4v) is 0.560. The molecule has 11 heavy (non-hydrogen) atoms. The summed E-state index contributed by atoms with van der Waals surface area (Å²) in [6.45, 7) is 4.46. The molecular formula is C6H12ClN3O. The highest BCUT2D eigenvalue weighted by molar-refractivity contribution is 5.85. The van der Waals surface area contributed by atoms with Gasteiger partial charge in [-0.05, 0) is 0 Å². The van der Waals surface area contributed by atoms with Gasteiger partial charge >= 0.3 is 0 Å². The first-order valence-electron chi connectivity index (χ1n) is 3.14. The molecule has 1 aromatic heterocycles. The van der Waals surface area contributed by atoms with Crippen LogP contribution >= 0.6 is 12.4 Å². The summed E-state index contributed by atoms with van der Waals surface area (Å²) in [6, 6.07) is 0. The summed E-state index contributed by atoms with van der Waals surface area (Å²) >= 11 is 0. The third-order valence-electron chi connectivity index (χ3n) is 1.48. The Balaban J connectivity index is 0.000001000. The van der Waals surface area contributed by atoms with Crippen LogP contribution in [-0.4, -0.2) is 16.7 Å². The predicted molar refractivity (Wildman–Crippen MR) is 43.6 cm³/mol. The van der Waals surface area contributed by atoms with E-state index < -0.39 is 0 Å². The average molecular weight is 178 g/mol. The molecule has 0 saturated carbocycles. The molecule has 0 aliphatic heterocycles. The van der Waals surface area contributed by atoms with Gasteiger partial charge < -0.3 is 10.3 Å². The first kappa shape index (κ1) is 10.4. The van der Waals surface area contributed by atoms with Gasteiger partial charge in [0.25, 0.3) is 0 Å². The molecule has 4 nitrogen and oxygen atoms in total. The zero-order valence-electron chi connectivity index (χ0n) is 6.57. The summed E-state index contributed by atoms with van der Waals surface area (Å²) in [5.41, 5.74) is 5.30. The lowest BCUT2D eigenvalue weighted by Gasteiger charge is -2.16. The van der Waals surface area contributed by atoms with Gasteiger partial charge in [-0.25, -0.2) is 0 Å². The van der Waals surface area contributed by atoms with Crippen LogP contribution in [0.1, 0.15) is 19.7 Å². The van der Waals surface area contributed by atoms with Gasteiger partial charge in [0, 0.05) is 12.0 Å². The first-order valence-corrected chi connectivity index (χ1v) is 3.14. The Labute approximate surface area is 71.6 Å². The number of hydrogen-bond donors (Lipinski definition) is 1. The molecule has 0 fully saturated rings. The van der Waals surface area contributed by atoms with Crippen LogP contribution in [0, 0.1) is 0 Å². The second-order valence-electron chi connectivity index (χ2n) is 2.84. The fraction of sp³-hybridized carbons (Fsp3) is 0.667. The Morgan fingerprint density at radius 2 is 2.27 bits per heavy atom. The van der Waals surface area contributed by atoms with Crippen LogP contribution in [0.4, 0.5) is 0 Å². The lowest BCUT2D eigenvalue weighted by Crippen LogP contribution is -2.29. The van der Waals surface area contributed by atoms with E-state index in [2.05, 4.69) is 14.7 Å². The van der Waals surface area contributed by atoms with Gasteiger partial charge in [-0.2, -0.15) is 4.98 Å². The minimum absolute atomic E-state index is 0. The Hall–Kier alpha value is -0.610. The van der Waals surface area contributed by atoms with Gasteiger partial charge in [-0.1, -0.05) is 19.0 Å². The van der Waals surface area contributed by atoms with E-state index in [0.717, 1.165) is 0 Å². The van der Waals surface area contributed by atoms with Gasteiger partial charge in [0.05, 0.1) is 0 Å². The smallest absolute Gasteiger partial charge is 0.213 e. The van der Waals surface area contributed by atoms with Crippen molar-refractivity contribution in [2.24, 2.45) is 5.73 Å². The highest BCUT2D eigenvalue weighted by Crippen LogP contribution is 2.15. The third kappa shape index (κ3) is 2.17. The molecule has 1 rings (SSSR count). The summed E-state index contributed by atoms with van der Waals surface area (Å²) in [6.07, 6.45) is 1.31. The maximum Gasteiger partial charge on any atom is 0.213 e. The number of aromatic nitrogens is 2. The largest absolute Gasteiger partial charge is 0.343 e. The molecule has 1 heterocycles. The Bertz CT molecular complexity index is 198. The first-order chi connectivity index (χ1) is 4.67. The number of halogens is 1. The van der Waals surface area contributed by atoms with Crippen molar-refractivity contribution in [3.05, 3.63) is 12.2 Å². The van der Waals surface area contributed by atoms with Crippen molar-refractivity contribution in [3.63, 3.8) is 0 Å². The predicted octanol–water partition coefficient (Wildman–Crippen LogP) is 0.728. The maximum atomic E-state index is 5.48. The molecule has 5 heteroatoms. The zero-order valence-corrected chi connectivity index (χ0v) is 7.39. The Morgan fingerprint density at radius 3 is 2.64 bits per heavy atom. The lowest BCUT2D eigenvalue weighted by molar-refractivity contribution is 0.387. The Kier molecular flexibility index (Phi) is 3.48. The van der Waals surface area contributed by atoms with Crippen LogP contribution in [0.15, 0.2) is 10.9 Å². The minimum atomic E-state index is -0.174. The van der Waals surface area contributed by atoms with Crippen molar-refractivity contribution in [2.45, 2.75) is 19.3 Å². The van der Waals surface area contributed by atoms with Crippen LogP contribution in [-0.2, 0) is 5.41 Å². The summed E-state index contributed by atoms with van der Waals surface area (Å²) in [4.78, 5) is 3.90. The van der Waals surface area contributed by atoms with E-state index >= 15 is 0 Å². The van der Waals surface area contributed by atoms with E-state index in [1.165, 1.54) is 6.39 Å². The second kappa shape index (κ2) is 3.69. The van der Waals surface area contributed by atoms with Crippen molar-refractivity contribution < 1.29 is 4.52 Å². The summed E-state index contributed by atoms with van der Waals surface area (Å²) < 4.78 is 4.59. The van der Waals surface area contributed by atoms with Crippen molar-refractivity contribution in [1.29, 1.82) is 0 Å². The van der Waals surface area contributed by atoms with Gasteiger partial charge in [0.15, 0.2) is 5.82 Å². The van der Waals surface area contributed by atoms with Gasteiger partial charge in [-0.15, -0.1) is 12.4 Å². The van der Waals surface area contributed by atoms with Crippen LogP contribution in [0.5, 0.6) is 0 Å². The number of nitrogens with zero attached hydrogens (tertiary/aromatic N) is 2. The van der Waals surface area contributed by atoms with Gasteiger partial charge in [-0.3, -0.25) is 0 Å². The van der Waals surface area contributed by atoms with Crippen molar-refractivity contribution in [2.75, 3.05) is 6.54 Å². The van der Waals surface area contributed by atoms with Crippen LogP contribution in [0.25, 0.3) is 0 Å². The standard InChI is InChI=1S/C6H11N3O.ClH/c1-6(2,3-7)5-8-4-10-9-5;/h4H,3,7H2,1-2H3;1H. The summed E-state index contributed by atoms with van der Waals surface area (Å²) in [7, 11) is 0. The van der Waals surface area contributed by atoms with Crippen LogP contribution in [0.3, 0.4) is 0 Å². The molecule has 0 aliphatic rings. The highest BCUT2D eigenvalue weighted by Gasteiger charge is 2.22. The number of hydrogen-bond acceptors (Lipinski definition) is 4. The molecule has 0 atom stereocenters. The molecule has 0 radical (unpaired) electrons. The summed E-state index contributed by atoms with van der Waals surface area (Å²) in [5, 5.41) is 3.69. The molecular weight excluding hydrogens is 166 g/mol. The topological polar surface area (TPSA) is 64.9 Å². The van der Waals surface area contributed by atoms with E-state index in [9.17, 15) is 0 Å². The lowest BCUT2D eigenvalue weighted by atomic mass is 9.93. The van der Waals surface area contributed by atoms with E-state index in [1.54, 1.807) is 0 Å². The number of rotatable bonds is 2. The molecule has 2 N–H and O–H groups in total. The average Bonchev–Trinajstić information content (AvgIpc) is 2.38. The van der Waals surface area contributed by atoms with E-state index in [0.29, 0.717) is 12.4 Å². The zero-order chi connectivity index (χ0) is 7.61. The van der Waals surface area contributed by atoms with Gasteiger partial charge in [0.2, 0.25) is 6.39 Å². The second-order valence-corrected chi connectivity index (χ2v) is 2.84. The molecule has 0 bridgehead atoms.